The lowest BCUT2D eigenvalue weighted by molar-refractivity contribution is 1.29. The van der Waals surface area contributed by atoms with E-state index in [1.807, 2.05) is 19.1 Å². The van der Waals surface area contributed by atoms with E-state index in [0.717, 1.165) is 12.8 Å². The molecule has 1 unspecified atom stereocenters. The van der Waals surface area contributed by atoms with Crippen molar-refractivity contribution >= 4 is 15.9 Å². The molecule has 0 aromatic heterocycles. The first-order valence-corrected chi connectivity index (χ1v) is 8.34. The fourth-order valence-corrected chi connectivity index (χ4v) is 2.70. The van der Waals surface area contributed by atoms with Crippen LogP contribution in [0, 0.1) is 11.2 Å². The maximum absolute atomic E-state index is 3.87. The van der Waals surface area contributed by atoms with Gasteiger partial charge in [0.25, 0.3) is 0 Å². The molecule has 0 aromatic rings. The Labute approximate surface area is 125 Å². The zero-order valence-corrected chi connectivity index (χ0v) is 13.2. The van der Waals surface area contributed by atoms with Crippen molar-refractivity contribution in [3.63, 3.8) is 0 Å². The number of allylic oxidation sites excluding steroid dienone is 10. The Morgan fingerprint density at radius 3 is 2.75 bits per heavy atom. The molecule has 0 spiro atoms. The molecule has 20 heavy (non-hydrogen) atoms. The normalized spacial score (nSPS) is 16.4. The van der Waals surface area contributed by atoms with Crippen LogP contribution in [0.25, 0.3) is 0 Å². The first kappa shape index (κ1) is 16.3. The highest BCUT2D eigenvalue weighted by atomic mass is 32.2. The van der Waals surface area contributed by atoms with E-state index in [0.29, 0.717) is 0 Å². The second kappa shape index (κ2) is 9.18. The fourth-order valence-electron chi connectivity index (χ4n) is 1.96. The van der Waals surface area contributed by atoms with Gasteiger partial charge in [0, 0.05) is 0 Å². The molecule has 1 rings (SSSR count). The highest BCUT2D eigenvalue weighted by Crippen LogP contribution is 2.28. The van der Waals surface area contributed by atoms with Crippen LogP contribution < -0.4 is 0 Å². The van der Waals surface area contributed by atoms with E-state index in [4.69, 9.17) is 0 Å². The van der Waals surface area contributed by atoms with Crippen LogP contribution >= 0.6 is 10.5 Å². The Balaban J connectivity index is 2.56. The van der Waals surface area contributed by atoms with Crippen molar-refractivity contribution in [1.29, 1.82) is 0 Å². The molecule has 0 amide bonds. The highest BCUT2D eigenvalue weighted by Gasteiger charge is 2.09. The van der Waals surface area contributed by atoms with E-state index in [1.165, 1.54) is 16.7 Å². The monoisotopic (exact) mass is 282 g/mol. The summed E-state index contributed by atoms with van der Waals surface area (Å²) < 4.78 is 0. The van der Waals surface area contributed by atoms with Gasteiger partial charge in [0.1, 0.15) is 0 Å². The van der Waals surface area contributed by atoms with E-state index < -0.39 is 0 Å². The SMILES string of the molecule is C=CC1=CCC(/C=C\C/C=C\C=S(/C)C#CC)=C1C=C. The third-order valence-electron chi connectivity index (χ3n) is 2.90. The Morgan fingerprint density at radius 1 is 1.30 bits per heavy atom. The van der Waals surface area contributed by atoms with Crippen molar-refractivity contribution < 1.29 is 0 Å². The van der Waals surface area contributed by atoms with Gasteiger partial charge in [-0.2, -0.15) is 0 Å². The smallest absolute Gasteiger partial charge is 0.00182 e. The zero-order chi connectivity index (χ0) is 14.8. The molecule has 0 radical (unpaired) electrons. The minimum Gasteiger partial charge on any atom is -0.114 e. The molecule has 0 saturated heterocycles. The third kappa shape index (κ3) is 5.07. The molecule has 0 bridgehead atoms. The van der Waals surface area contributed by atoms with Crippen LogP contribution in [0.15, 0.2) is 72.4 Å². The fraction of sp³-hybridized carbons (Fsp3) is 0.211. The molecule has 0 nitrogen and oxygen atoms in total. The van der Waals surface area contributed by atoms with Gasteiger partial charge in [0.15, 0.2) is 0 Å². The summed E-state index contributed by atoms with van der Waals surface area (Å²) in [4.78, 5) is 0. The molecule has 0 saturated carbocycles. The van der Waals surface area contributed by atoms with E-state index in [9.17, 15) is 0 Å². The van der Waals surface area contributed by atoms with E-state index >= 15 is 0 Å². The summed E-state index contributed by atoms with van der Waals surface area (Å²) in [6.07, 6.45) is 18.7. The summed E-state index contributed by atoms with van der Waals surface area (Å²) in [5.41, 5.74) is 3.72. The highest BCUT2D eigenvalue weighted by molar-refractivity contribution is 8.18. The molecule has 0 aromatic carbocycles. The van der Waals surface area contributed by atoms with Crippen molar-refractivity contribution in [2.24, 2.45) is 0 Å². The predicted octanol–water partition coefficient (Wildman–Crippen LogP) is 5.17. The number of rotatable bonds is 6. The molecule has 104 valence electrons. The third-order valence-corrected chi connectivity index (χ3v) is 3.99. The summed E-state index contributed by atoms with van der Waals surface area (Å²) in [5, 5.41) is 5.27. The lowest BCUT2D eigenvalue weighted by Gasteiger charge is -1.99. The quantitative estimate of drug-likeness (QED) is 0.358. The maximum Gasteiger partial charge on any atom is -0.00182 e. The van der Waals surface area contributed by atoms with E-state index in [1.54, 1.807) is 0 Å². The van der Waals surface area contributed by atoms with Crippen LogP contribution in [0.1, 0.15) is 19.8 Å². The molecule has 0 aliphatic heterocycles. The van der Waals surface area contributed by atoms with Crippen molar-refractivity contribution in [2.75, 3.05) is 6.26 Å². The van der Waals surface area contributed by atoms with Gasteiger partial charge in [-0.25, -0.2) is 0 Å². The molecular formula is C19H22S. The summed E-state index contributed by atoms with van der Waals surface area (Å²) in [6.45, 7) is 9.58. The van der Waals surface area contributed by atoms with Crippen molar-refractivity contribution in [1.82, 2.24) is 0 Å². The molecule has 0 fully saturated rings. The lowest BCUT2D eigenvalue weighted by Crippen LogP contribution is -1.80. The van der Waals surface area contributed by atoms with Gasteiger partial charge in [-0.1, -0.05) is 61.6 Å². The average molecular weight is 282 g/mol. The molecule has 0 heterocycles. The van der Waals surface area contributed by atoms with E-state index in [-0.39, 0.29) is 10.5 Å². The summed E-state index contributed by atoms with van der Waals surface area (Å²) in [5.74, 6) is 2.93. The van der Waals surface area contributed by atoms with Crippen LogP contribution in [0.4, 0.5) is 0 Å². The topological polar surface area (TPSA) is 0 Å². The molecule has 1 atom stereocenters. The van der Waals surface area contributed by atoms with Gasteiger partial charge in [0.2, 0.25) is 0 Å². The first-order chi connectivity index (χ1) is 9.72. The van der Waals surface area contributed by atoms with Gasteiger partial charge in [-0.05, 0) is 53.4 Å². The van der Waals surface area contributed by atoms with Crippen molar-refractivity contribution in [2.45, 2.75) is 19.8 Å². The van der Waals surface area contributed by atoms with Crippen LogP contribution in [-0.4, -0.2) is 11.6 Å². The minimum atomic E-state index is 0.0704. The van der Waals surface area contributed by atoms with E-state index in [2.05, 4.69) is 66.3 Å². The first-order valence-electron chi connectivity index (χ1n) is 6.65. The van der Waals surface area contributed by atoms with Crippen molar-refractivity contribution in [3.05, 3.63) is 72.4 Å². The second-order valence-electron chi connectivity index (χ2n) is 4.32. The molecular weight excluding hydrogens is 260 g/mol. The predicted molar refractivity (Wildman–Crippen MR) is 96.0 cm³/mol. The molecule has 1 heteroatoms. The lowest BCUT2D eigenvalue weighted by atomic mass is 10.1. The van der Waals surface area contributed by atoms with Gasteiger partial charge in [-0.15, -0.1) is 10.5 Å². The van der Waals surface area contributed by atoms with Gasteiger partial charge in [0.05, 0.1) is 0 Å². The summed E-state index contributed by atoms with van der Waals surface area (Å²) >= 11 is 0. The Kier molecular flexibility index (Phi) is 7.47. The Bertz CT molecular complexity index is 581. The van der Waals surface area contributed by atoms with Gasteiger partial charge < -0.3 is 0 Å². The van der Waals surface area contributed by atoms with Crippen LogP contribution in [0.3, 0.4) is 0 Å². The zero-order valence-electron chi connectivity index (χ0n) is 12.4. The standard InChI is InChI=1S/C19H22S/c1-5-15-20(4)16-11-9-8-10-12-18-14-13-17(6-2)19(18)7-3/h6-7,9-13,16H,2-3,8,14H2,1,4H3/b11-9-,12-10-. The molecule has 0 N–H and O–H groups in total. The van der Waals surface area contributed by atoms with Crippen molar-refractivity contribution in [3.8, 4) is 11.2 Å². The van der Waals surface area contributed by atoms with Crippen LogP contribution in [0.2, 0.25) is 0 Å². The summed E-state index contributed by atoms with van der Waals surface area (Å²) in [6, 6.07) is 0. The van der Waals surface area contributed by atoms with Gasteiger partial charge >= 0.3 is 0 Å². The second-order valence-corrected chi connectivity index (χ2v) is 5.91. The number of hydrogen-bond acceptors (Lipinski definition) is 0. The van der Waals surface area contributed by atoms with Crippen LogP contribution in [-0.2, 0) is 0 Å². The summed E-state index contributed by atoms with van der Waals surface area (Å²) in [7, 11) is 0.0704. The van der Waals surface area contributed by atoms with Crippen LogP contribution in [0.5, 0.6) is 0 Å². The van der Waals surface area contributed by atoms with Gasteiger partial charge in [-0.3, -0.25) is 0 Å². The average Bonchev–Trinajstić information content (AvgIpc) is 2.84. The minimum absolute atomic E-state index is 0.0704. The largest absolute Gasteiger partial charge is 0.114 e. The maximum atomic E-state index is 3.87. The Morgan fingerprint density at radius 2 is 2.10 bits per heavy atom. The molecule has 1 aliphatic carbocycles. The Hall–Kier alpha value is -1.78. The molecule has 1 aliphatic rings. The number of hydrogen-bond donors (Lipinski definition) is 0.